The molecule has 0 saturated heterocycles. The zero-order chi connectivity index (χ0) is 9.97. The number of hydrogen-bond donors (Lipinski definition) is 0. The first-order valence-electron chi connectivity index (χ1n) is 4.91. The summed E-state index contributed by atoms with van der Waals surface area (Å²) in [5, 5.41) is 0. The van der Waals surface area contributed by atoms with Crippen molar-refractivity contribution in [3.05, 3.63) is 48.0 Å². The maximum atomic E-state index is 6.14. The van der Waals surface area contributed by atoms with Gasteiger partial charge in [0.2, 0.25) is 0 Å². The van der Waals surface area contributed by atoms with Crippen molar-refractivity contribution < 1.29 is 0 Å². The van der Waals surface area contributed by atoms with E-state index in [0.29, 0.717) is 6.04 Å². The van der Waals surface area contributed by atoms with Crippen LogP contribution in [0, 0.1) is 0 Å². The van der Waals surface area contributed by atoms with Crippen LogP contribution in [-0.4, -0.2) is 17.0 Å². The van der Waals surface area contributed by atoms with Gasteiger partial charge >= 0.3 is 0 Å². The summed E-state index contributed by atoms with van der Waals surface area (Å²) in [6, 6.07) is 9.00. The van der Waals surface area contributed by atoms with Crippen LogP contribution in [-0.2, 0) is 12.8 Å². The molecule has 0 bridgehead atoms. The van der Waals surface area contributed by atoms with Crippen molar-refractivity contribution in [1.29, 1.82) is 0 Å². The molecular weight excluding hydrogens is 194 g/mol. The van der Waals surface area contributed by atoms with Gasteiger partial charge in [0.15, 0.2) is 0 Å². The van der Waals surface area contributed by atoms with Crippen LogP contribution in [0.15, 0.2) is 36.9 Å². The van der Waals surface area contributed by atoms with Crippen LogP contribution in [0.4, 0.5) is 0 Å². The van der Waals surface area contributed by atoms with E-state index in [1.807, 2.05) is 10.5 Å². The minimum Gasteiger partial charge on any atom is -0.213 e. The molecule has 0 spiro atoms. The van der Waals surface area contributed by atoms with E-state index in [-0.39, 0.29) is 0 Å². The van der Waals surface area contributed by atoms with Gasteiger partial charge in [-0.25, -0.2) is 4.42 Å². The molecule has 0 saturated carbocycles. The van der Waals surface area contributed by atoms with Gasteiger partial charge in [-0.05, 0) is 35.7 Å². The molecule has 0 amide bonds. The van der Waals surface area contributed by atoms with E-state index in [1.54, 1.807) is 0 Å². The van der Waals surface area contributed by atoms with E-state index < -0.39 is 0 Å². The Morgan fingerprint density at radius 3 is 2.43 bits per heavy atom. The summed E-state index contributed by atoms with van der Waals surface area (Å²) in [4.78, 5) is 0. The smallest absolute Gasteiger partial charge is 0.0336 e. The molecule has 0 aliphatic heterocycles. The third kappa shape index (κ3) is 1.84. The lowest BCUT2D eigenvalue weighted by molar-refractivity contribution is 0.378. The summed E-state index contributed by atoms with van der Waals surface area (Å²) in [6.07, 6.45) is 3.97. The van der Waals surface area contributed by atoms with E-state index >= 15 is 0 Å². The first kappa shape index (κ1) is 9.75. The van der Waals surface area contributed by atoms with Crippen molar-refractivity contribution in [3.8, 4) is 0 Å². The largest absolute Gasteiger partial charge is 0.213 e. The highest BCUT2D eigenvalue weighted by atomic mass is 35.5. The number of hydrogen-bond acceptors (Lipinski definition) is 1. The second-order valence-electron chi connectivity index (χ2n) is 3.70. The minimum atomic E-state index is 0.437. The molecule has 0 heterocycles. The fraction of sp³-hybridized carbons (Fsp3) is 0.333. The van der Waals surface area contributed by atoms with E-state index in [0.717, 1.165) is 19.4 Å². The van der Waals surface area contributed by atoms with Crippen LogP contribution in [0.1, 0.15) is 11.1 Å². The third-order valence-corrected chi connectivity index (χ3v) is 3.14. The number of benzene rings is 1. The summed E-state index contributed by atoms with van der Waals surface area (Å²) in [5.41, 5.74) is 2.87. The number of halogens is 1. The Balaban J connectivity index is 2.07. The first-order valence-corrected chi connectivity index (χ1v) is 5.25. The molecule has 1 aliphatic rings. The Morgan fingerprint density at radius 2 is 1.93 bits per heavy atom. The van der Waals surface area contributed by atoms with E-state index in [1.165, 1.54) is 11.1 Å². The Bertz CT molecular complexity index is 310. The standard InChI is InChI=1S/C12H14ClN/c1-2-7-14(13)12-8-10-5-3-4-6-11(10)9-12/h2-6,12H,1,7-9H2. The average Bonchev–Trinajstić information content (AvgIpc) is 2.61. The SMILES string of the molecule is C=CCN(Cl)C1Cc2ccccc2C1. The Hall–Kier alpha value is -0.790. The minimum absolute atomic E-state index is 0.437. The Morgan fingerprint density at radius 1 is 1.36 bits per heavy atom. The predicted octanol–water partition coefficient (Wildman–Crippen LogP) is 2.80. The number of rotatable bonds is 3. The van der Waals surface area contributed by atoms with Gasteiger partial charge in [0, 0.05) is 12.6 Å². The average molecular weight is 208 g/mol. The molecule has 2 rings (SSSR count). The van der Waals surface area contributed by atoms with Crippen LogP contribution in [0.2, 0.25) is 0 Å². The molecule has 14 heavy (non-hydrogen) atoms. The quantitative estimate of drug-likeness (QED) is 0.544. The molecule has 74 valence electrons. The highest BCUT2D eigenvalue weighted by Gasteiger charge is 2.24. The van der Waals surface area contributed by atoms with E-state index in [4.69, 9.17) is 11.8 Å². The van der Waals surface area contributed by atoms with Gasteiger partial charge in [-0.3, -0.25) is 0 Å². The van der Waals surface area contributed by atoms with Gasteiger partial charge < -0.3 is 0 Å². The van der Waals surface area contributed by atoms with E-state index in [9.17, 15) is 0 Å². The molecule has 2 heteroatoms. The molecule has 1 aromatic rings. The van der Waals surface area contributed by atoms with Crippen molar-refractivity contribution in [2.24, 2.45) is 0 Å². The van der Waals surface area contributed by atoms with Crippen molar-refractivity contribution in [1.82, 2.24) is 4.42 Å². The van der Waals surface area contributed by atoms with Gasteiger partial charge in [0.25, 0.3) is 0 Å². The molecule has 1 aliphatic carbocycles. The zero-order valence-corrected chi connectivity index (χ0v) is 8.87. The lowest BCUT2D eigenvalue weighted by Gasteiger charge is -2.18. The number of nitrogens with zero attached hydrogens (tertiary/aromatic N) is 1. The summed E-state index contributed by atoms with van der Waals surface area (Å²) in [6.45, 7) is 4.45. The van der Waals surface area contributed by atoms with Gasteiger partial charge in [-0.1, -0.05) is 30.3 Å². The lowest BCUT2D eigenvalue weighted by atomic mass is 10.1. The first-order chi connectivity index (χ1) is 6.81. The third-order valence-electron chi connectivity index (χ3n) is 2.73. The summed E-state index contributed by atoms with van der Waals surface area (Å²) >= 11 is 6.14. The fourth-order valence-electron chi connectivity index (χ4n) is 2.01. The van der Waals surface area contributed by atoms with Gasteiger partial charge in [-0.15, -0.1) is 6.58 Å². The van der Waals surface area contributed by atoms with Gasteiger partial charge in [0.05, 0.1) is 0 Å². The molecule has 0 aromatic heterocycles. The molecule has 1 aromatic carbocycles. The molecule has 0 N–H and O–H groups in total. The highest BCUT2D eigenvalue weighted by molar-refractivity contribution is 6.13. The summed E-state index contributed by atoms with van der Waals surface area (Å²) in [5.74, 6) is 0. The molecule has 0 fully saturated rings. The second-order valence-corrected chi connectivity index (χ2v) is 4.14. The Labute approximate surface area is 90.1 Å². The maximum Gasteiger partial charge on any atom is 0.0336 e. The summed E-state index contributed by atoms with van der Waals surface area (Å²) in [7, 11) is 0. The summed E-state index contributed by atoms with van der Waals surface area (Å²) < 4.78 is 1.85. The monoisotopic (exact) mass is 207 g/mol. The topological polar surface area (TPSA) is 3.24 Å². The fourth-order valence-corrected chi connectivity index (χ4v) is 2.24. The molecule has 0 unspecified atom stereocenters. The molecule has 0 atom stereocenters. The normalized spacial score (nSPS) is 15.9. The molecule has 1 nitrogen and oxygen atoms in total. The van der Waals surface area contributed by atoms with Gasteiger partial charge in [0.1, 0.15) is 0 Å². The highest BCUT2D eigenvalue weighted by Crippen LogP contribution is 2.26. The predicted molar refractivity (Wildman–Crippen MR) is 60.4 cm³/mol. The van der Waals surface area contributed by atoms with Crippen LogP contribution < -0.4 is 0 Å². The van der Waals surface area contributed by atoms with Crippen molar-refractivity contribution in [2.45, 2.75) is 18.9 Å². The maximum absolute atomic E-state index is 6.14. The van der Waals surface area contributed by atoms with Crippen molar-refractivity contribution >= 4 is 11.8 Å². The van der Waals surface area contributed by atoms with Crippen LogP contribution in [0.25, 0.3) is 0 Å². The second kappa shape index (κ2) is 4.16. The van der Waals surface area contributed by atoms with Crippen LogP contribution in [0.5, 0.6) is 0 Å². The van der Waals surface area contributed by atoms with Crippen molar-refractivity contribution in [2.75, 3.05) is 6.54 Å². The Kier molecular flexibility index (Phi) is 2.90. The molecule has 0 radical (unpaired) electrons. The van der Waals surface area contributed by atoms with Crippen molar-refractivity contribution in [3.63, 3.8) is 0 Å². The van der Waals surface area contributed by atoms with Crippen LogP contribution >= 0.6 is 11.8 Å². The van der Waals surface area contributed by atoms with E-state index in [2.05, 4.69) is 30.8 Å². The van der Waals surface area contributed by atoms with Gasteiger partial charge in [-0.2, -0.15) is 0 Å². The number of fused-ring (bicyclic) bond motifs is 1. The lowest BCUT2D eigenvalue weighted by Crippen LogP contribution is -2.27. The zero-order valence-electron chi connectivity index (χ0n) is 8.12. The molecular formula is C12H14ClN. The van der Waals surface area contributed by atoms with Crippen LogP contribution in [0.3, 0.4) is 0 Å².